The first-order chi connectivity index (χ1) is 8.19. The molecule has 1 aliphatic heterocycles. The summed E-state index contributed by atoms with van der Waals surface area (Å²) in [6.07, 6.45) is 0. The lowest BCUT2D eigenvalue weighted by Crippen LogP contribution is -2.47. The molecule has 0 amide bonds. The summed E-state index contributed by atoms with van der Waals surface area (Å²) in [5.41, 5.74) is 0. The molecular weight excluding hydrogens is 243 g/mol. The van der Waals surface area contributed by atoms with Crippen molar-refractivity contribution in [1.82, 2.24) is 14.9 Å². The predicted octanol–water partition coefficient (Wildman–Crippen LogP) is 1.53. The number of anilines is 1. The highest BCUT2D eigenvalue weighted by Gasteiger charge is 2.18. The lowest BCUT2D eigenvalue weighted by Gasteiger charge is -2.34. The van der Waals surface area contributed by atoms with E-state index in [0.29, 0.717) is 17.5 Å². The maximum absolute atomic E-state index is 12.2. The van der Waals surface area contributed by atoms with Gasteiger partial charge in [-0.1, -0.05) is 11.6 Å². The van der Waals surface area contributed by atoms with Crippen molar-refractivity contribution < 1.29 is 4.39 Å². The fourth-order valence-corrected chi connectivity index (χ4v) is 2.22. The largest absolute Gasteiger partial charge is 0.354 e. The number of aromatic nitrogens is 2. The Hall–Kier alpha value is -0.940. The zero-order chi connectivity index (χ0) is 12.3. The van der Waals surface area contributed by atoms with Crippen LogP contribution in [0.5, 0.6) is 0 Å². The third-order valence-electron chi connectivity index (χ3n) is 2.89. The highest BCUT2D eigenvalue weighted by atomic mass is 35.5. The van der Waals surface area contributed by atoms with Crippen LogP contribution < -0.4 is 4.90 Å². The summed E-state index contributed by atoms with van der Waals surface area (Å²) in [6, 6.07) is 1.78. The first-order valence-corrected chi connectivity index (χ1v) is 6.11. The number of alkyl halides is 1. The number of hydrogen-bond donors (Lipinski definition) is 0. The topological polar surface area (TPSA) is 32.3 Å². The summed E-state index contributed by atoms with van der Waals surface area (Å²) in [4.78, 5) is 12.7. The van der Waals surface area contributed by atoms with Gasteiger partial charge in [0.05, 0.1) is 0 Å². The van der Waals surface area contributed by atoms with E-state index < -0.39 is 0 Å². The van der Waals surface area contributed by atoms with Crippen molar-refractivity contribution in [2.24, 2.45) is 0 Å². The Labute approximate surface area is 105 Å². The van der Waals surface area contributed by atoms with Crippen LogP contribution in [0.1, 0.15) is 5.82 Å². The standard InChI is InChI=1S/C11H16ClFN4/c1-9-14-10(12)8-11(15-9)17-6-4-16(3-2-13)5-7-17/h8H,2-7H2,1H3. The first kappa shape index (κ1) is 12.5. The summed E-state index contributed by atoms with van der Waals surface area (Å²) in [7, 11) is 0. The molecule has 1 aliphatic rings. The van der Waals surface area contributed by atoms with Crippen LogP contribution in [-0.2, 0) is 0 Å². The first-order valence-electron chi connectivity index (χ1n) is 5.73. The van der Waals surface area contributed by atoms with Crippen LogP contribution in [0.15, 0.2) is 6.07 Å². The Kier molecular flexibility index (Phi) is 4.12. The van der Waals surface area contributed by atoms with Crippen LogP contribution in [0.3, 0.4) is 0 Å². The Balaban J connectivity index is 2.00. The van der Waals surface area contributed by atoms with Crippen LogP contribution >= 0.6 is 11.6 Å². The Morgan fingerprint density at radius 2 is 2.00 bits per heavy atom. The van der Waals surface area contributed by atoms with Gasteiger partial charge in [-0.2, -0.15) is 0 Å². The van der Waals surface area contributed by atoms with Crippen LogP contribution in [0.25, 0.3) is 0 Å². The van der Waals surface area contributed by atoms with E-state index in [1.807, 2.05) is 6.92 Å². The number of aryl methyl sites for hydroxylation is 1. The van der Waals surface area contributed by atoms with E-state index in [0.717, 1.165) is 32.0 Å². The number of piperazine rings is 1. The van der Waals surface area contributed by atoms with E-state index in [1.54, 1.807) is 6.07 Å². The second-order valence-electron chi connectivity index (χ2n) is 4.11. The van der Waals surface area contributed by atoms with E-state index >= 15 is 0 Å². The van der Waals surface area contributed by atoms with Gasteiger partial charge in [0.2, 0.25) is 0 Å². The second-order valence-corrected chi connectivity index (χ2v) is 4.50. The molecule has 1 fully saturated rings. The summed E-state index contributed by atoms with van der Waals surface area (Å²) in [5, 5.41) is 0.471. The number of hydrogen-bond acceptors (Lipinski definition) is 4. The van der Waals surface area contributed by atoms with E-state index in [4.69, 9.17) is 11.6 Å². The van der Waals surface area contributed by atoms with E-state index in [2.05, 4.69) is 19.8 Å². The van der Waals surface area contributed by atoms with E-state index in [1.165, 1.54) is 0 Å². The van der Waals surface area contributed by atoms with Crippen LogP contribution in [0, 0.1) is 6.92 Å². The molecule has 0 bridgehead atoms. The number of nitrogens with zero attached hydrogens (tertiary/aromatic N) is 4. The minimum atomic E-state index is -0.279. The van der Waals surface area contributed by atoms with Gasteiger partial charge in [-0.3, -0.25) is 4.90 Å². The van der Waals surface area contributed by atoms with Crippen molar-refractivity contribution in [2.75, 3.05) is 44.3 Å². The third-order valence-corrected chi connectivity index (χ3v) is 3.08. The zero-order valence-electron chi connectivity index (χ0n) is 9.86. The maximum atomic E-state index is 12.2. The molecule has 0 spiro atoms. The monoisotopic (exact) mass is 258 g/mol. The van der Waals surface area contributed by atoms with Crippen molar-refractivity contribution in [2.45, 2.75) is 6.92 Å². The SMILES string of the molecule is Cc1nc(Cl)cc(N2CCN(CCF)CC2)n1. The molecule has 6 heteroatoms. The Bertz CT molecular complexity index is 359. The molecule has 4 nitrogen and oxygen atoms in total. The average molecular weight is 259 g/mol. The van der Waals surface area contributed by atoms with Gasteiger partial charge in [0.15, 0.2) is 0 Å². The van der Waals surface area contributed by atoms with Gasteiger partial charge < -0.3 is 4.90 Å². The normalized spacial score (nSPS) is 17.5. The van der Waals surface area contributed by atoms with Crippen LogP contribution in [0.4, 0.5) is 10.2 Å². The molecule has 0 unspecified atom stereocenters. The third kappa shape index (κ3) is 3.26. The van der Waals surface area contributed by atoms with Crippen LogP contribution in [0.2, 0.25) is 5.15 Å². The lowest BCUT2D eigenvalue weighted by atomic mass is 10.3. The van der Waals surface area contributed by atoms with Gasteiger partial charge in [0.25, 0.3) is 0 Å². The quantitative estimate of drug-likeness (QED) is 0.770. The zero-order valence-corrected chi connectivity index (χ0v) is 10.6. The molecule has 2 rings (SSSR count). The molecule has 2 heterocycles. The molecule has 0 N–H and O–H groups in total. The Morgan fingerprint density at radius 1 is 1.29 bits per heavy atom. The molecule has 0 aromatic carbocycles. The molecule has 1 saturated heterocycles. The number of rotatable bonds is 3. The Morgan fingerprint density at radius 3 is 2.59 bits per heavy atom. The van der Waals surface area contributed by atoms with Gasteiger partial charge in [0, 0.05) is 38.8 Å². The van der Waals surface area contributed by atoms with E-state index in [9.17, 15) is 4.39 Å². The summed E-state index contributed by atoms with van der Waals surface area (Å²) in [5.74, 6) is 1.54. The average Bonchev–Trinajstić information content (AvgIpc) is 2.29. The summed E-state index contributed by atoms with van der Waals surface area (Å²) in [6.45, 7) is 5.51. The molecule has 17 heavy (non-hydrogen) atoms. The second kappa shape index (κ2) is 5.60. The van der Waals surface area contributed by atoms with Crippen molar-refractivity contribution >= 4 is 17.4 Å². The summed E-state index contributed by atoms with van der Waals surface area (Å²) < 4.78 is 12.2. The van der Waals surface area contributed by atoms with E-state index in [-0.39, 0.29) is 6.67 Å². The highest BCUT2D eigenvalue weighted by Crippen LogP contribution is 2.17. The molecule has 0 aliphatic carbocycles. The van der Waals surface area contributed by atoms with Crippen molar-refractivity contribution in [3.05, 3.63) is 17.0 Å². The van der Waals surface area contributed by atoms with Gasteiger partial charge >= 0.3 is 0 Å². The number of halogens is 2. The van der Waals surface area contributed by atoms with Gasteiger partial charge in [-0.25, -0.2) is 14.4 Å². The molecule has 0 radical (unpaired) electrons. The smallest absolute Gasteiger partial charge is 0.134 e. The molecular formula is C11H16ClFN4. The molecule has 1 aromatic heterocycles. The maximum Gasteiger partial charge on any atom is 0.134 e. The predicted molar refractivity (Wildman–Crippen MR) is 66.4 cm³/mol. The summed E-state index contributed by atoms with van der Waals surface area (Å²) >= 11 is 5.91. The van der Waals surface area contributed by atoms with Crippen molar-refractivity contribution in [3.8, 4) is 0 Å². The fraction of sp³-hybridized carbons (Fsp3) is 0.636. The molecule has 0 saturated carbocycles. The van der Waals surface area contributed by atoms with Crippen LogP contribution in [-0.4, -0.2) is 54.3 Å². The van der Waals surface area contributed by atoms with Crippen molar-refractivity contribution in [3.63, 3.8) is 0 Å². The fourth-order valence-electron chi connectivity index (χ4n) is 2.00. The van der Waals surface area contributed by atoms with Gasteiger partial charge in [0.1, 0.15) is 23.5 Å². The van der Waals surface area contributed by atoms with Crippen molar-refractivity contribution in [1.29, 1.82) is 0 Å². The molecule has 94 valence electrons. The molecule has 0 atom stereocenters. The minimum absolute atomic E-state index is 0.279. The highest BCUT2D eigenvalue weighted by molar-refractivity contribution is 6.29. The van der Waals surface area contributed by atoms with Gasteiger partial charge in [-0.05, 0) is 6.92 Å². The molecule has 1 aromatic rings. The lowest BCUT2D eigenvalue weighted by molar-refractivity contribution is 0.235. The van der Waals surface area contributed by atoms with Gasteiger partial charge in [-0.15, -0.1) is 0 Å². The minimum Gasteiger partial charge on any atom is -0.354 e.